The number of fused-ring (bicyclic) bond motifs is 1. The van der Waals surface area contributed by atoms with Crippen molar-refractivity contribution in [3.8, 4) is 0 Å². The normalized spacial score (nSPS) is 34.4. The van der Waals surface area contributed by atoms with Gasteiger partial charge in [-0.15, -0.1) is 0 Å². The Kier molecular flexibility index (Phi) is 3.73. The van der Waals surface area contributed by atoms with Crippen LogP contribution in [0.2, 0.25) is 0 Å². The number of hydrogen-bond acceptors (Lipinski definition) is 6. The summed E-state index contributed by atoms with van der Waals surface area (Å²) in [5.41, 5.74) is 1.97. The van der Waals surface area contributed by atoms with Crippen molar-refractivity contribution >= 4 is 22.8 Å². The number of pyridine rings is 1. The summed E-state index contributed by atoms with van der Waals surface area (Å²) < 4.78 is 5.43. The van der Waals surface area contributed by atoms with Crippen molar-refractivity contribution in [2.75, 3.05) is 5.32 Å². The summed E-state index contributed by atoms with van der Waals surface area (Å²) in [4.78, 5) is 24.4. The van der Waals surface area contributed by atoms with Crippen molar-refractivity contribution < 1.29 is 14.6 Å². The van der Waals surface area contributed by atoms with E-state index in [1.54, 1.807) is 12.5 Å². The van der Waals surface area contributed by atoms with Gasteiger partial charge in [0, 0.05) is 12.2 Å². The summed E-state index contributed by atoms with van der Waals surface area (Å²) in [6.45, 7) is 3.67. The second-order valence-corrected chi connectivity index (χ2v) is 8.97. The van der Waals surface area contributed by atoms with Crippen molar-refractivity contribution in [2.24, 2.45) is 17.8 Å². The number of nitrogens with one attached hydrogen (secondary N) is 2. The molecule has 144 valence electrons. The summed E-state index contributed by atoms with van der Waals surface area (Å²) in [5, 5.41) is 14.5. The Bertz CT molecular complexity index is 876. The number of anilines is 1. The standard InChI is InChI=1S/C20H26N4O3/c1-10(2)27-19(25)14-8-21-18-17(22-9-23-18)16(14)24-15-12-3-11-4-13(15)7-20(26,5-11)6-12/h8-13,15,26H,3-7H2,1-2H3,(H2,21,22,23,24)/t11?,12-,13+,15+,20-. The van der Waals surface area contributed by atoms with E-state index in [2.05, 4.69) is 20.3 Å². The number of carbonyl (C=O) groups excluding carboxylic acids is 1. The third kappa shape index (κ3) is 2.79. The summed E-state index contributed by atoms with van der Waals surface area (Å²) in [6, 6.07) is 0.245. The highest BCUT2D eigenvalue weighted by Gasteiger charge is 2.54. The molecule has 7 heteroatoms. The molecule has 1 unspecified atom stereocenters. The molecule has 0 aliphatic heterocycles. The van der Waals surface area contributed by atoms with Crippen LogP contribution in [0.5, 0.6) is 0 Å². The first-order valence-electron chi connectivity index (χ1n) is 9.94. The van der Waals surface area contributed by atoms with Crippen LogP contribution in [0.3, 0.4) is 0 Å². The maximum absolute atomic E-state index is 12.7. The van der Waals surface area contributed by atoms with E-state index < -0.39 is 5.60 Å². The van der Waals surface area contributed by atoms with Crippen LogP contribution in [0.4, 0.5) is 5.69 Å². The van der Waals surface area contributed by atoms with Crippen molar-refractivity contribution in [3.05, 3.63) is 18.1 Å². The van der Waals surface area contributed by atoms with Gasteiger partial charge in [0.15, 0.2) is 5.65 Å². The molecular formula is C20H26N4O3. The minimum atomic E-state index is -0.478. The van der Waals surface area contributed by atoms with Crippen LogP contribution in [0.15, 0.2) is 12.5 Å². The molecule has 4 fully saturated rings. The first kappa shape index (κ1) is 17.0. The average Bonchev–Trinajstić information content (AvgIpc) is 3.04. The molecule has 4 aliphatic carbocycles. The maximum atomic E-state index is 12.7. The number of ether oxygens (including phenoxy) is 1. The molecule has 6 rings (SSSR count). The van der Waals surface area contributed by atoms with Gasteiger partial charge in [-0.2, -0.15) is 0 Å². The van der Waals surface area contributed by atoms with E-state index in [1.165, 1.54) is 0 Å². The second-order valence-electron chi connectivity index (χ2n) is 8.97. The van der Waals surface area contributed by atoms with E-state index in [1.807, 2.05) is 13.8 Å². The number of hydrogen-bond donors (Lipinski definition) is 3. The minimum absolute atomic E-state index is 0.198. The van der Waals surface area contributed by atoms with E-state index in [-0.39, 0.29) is 18.1 Å². The fourth-order valence-electron chi connectivity index (χ4n) is 5.85. The number of esters is 1. The number of aromatic amines is 1. The van der Waals surface area contributed by atoms with Crippen molar-refractivity contribution in [3.63, 3.8) is 0 Å². The third-order valence-electron chi connectivity index (χ3n) is 6.56. The lowest BCUT2D eigenvalue weighted by atomic mass is 9.52. The molecule has 0 amide bonds. The molecule has 27 heavy (non-hydrogen) atoms. The van der Waals surface area contributed by atoms with Gasteiger partial charge >= 0.3 is 5.97 Å². The molecule has 2 heterocycles. The molecule has 3 N–H and O–H groups in total. The zero-order valence-electron chi connectivity index (χ0n) is 15.7. The quantitative estimate of drug-likeness (QED) is 0.716. The number of H-pyrrole nitrogens is 1. The lowest BCUT2D eigenvalue weighted by molar-refractivity contribution is -0.129. The van der Waals surface area contributed by atoms with Crippen molar-refractivity contribution in [2.45, 2.75) is 63.7 Å². The number of aliphatic hydroxyl groups is 1. The van der Waals surface area contributed by atoms with E-state index in [0.29, 0.717) is 40.2 Å². The molecule has 0 radical (unpaired) electrons. The summed E-state index contributed by atoms with van der Waals surface area (Å²) in [7, 11) is 0. The number of carbonyl (C=O) groups is 1. The molecule has 4 bridgehead atoms. The van der Waals surface area contributed by atoms with Gasteiger partial charge in [-0.05, 0) is 63.7 Å². The SMILES string of the molecule is CC(C)OC(=O)c1cnc2[nH]cnc2c1N[C@H]1[C@@H]2CC3C[C@H]1C[C@@](O)(C3)C2. The van der Waals surface area contributed by atoms with Crippen molar-refractivity contribution in [1.82, 2.24) is 15.0 Å². The smallest absolute Gasteiger partial charge is 0.342 e. The third-order valence-corrected chi connectivity index (χ3v) is 6.56. The number of aromatic nitrogens is 3. The Morgan fingerprint density at radius 2 is 2.04 bits per heavy atom. The van der Waals surface area contributed by atoms with Gasteiger partial charge in [0.05, 0.1) is 23.7 Å². The van der Waals surface area contributed by atoms with Gasteiger partial charge in [-0.3, -0.25) is 0 Å². The predicted octanol–water partition coefficient (Wildman–Crippen LogP) is 2.87. The molecule has 4 saturated carbocycles. The predicted molar refractivity (Wildman–Crippen MR) is 100 cm³/mol. The molecule has 0 saturated heterocycles. The van der Waals surface area contributed by atoms with Crippen LogP contribution >= 0.6 is 0 Å². The number of imidazole rings is 1. The zero-order valence-corrected chi connectivity index (χ0v) is 15.7. The van der Waals surface area contributed by atoms with Gasteiger partial charge in [0.2, 0.25) is 0 Å². The van der Waals surface area contributed by atoms with Crippen LogP contribution in [-0.4, -0.2) is 43.8 Å². The van der Waals surface area contributed by atoms with E-state index in [4.69, 9.17) is 4.74 Å². The molecule has 4 aliphatic rings. The highest BCUT2D eigenvalue weighted by Crippen LogP contribution is 2.56. The fraction of sp³-hybridized carbons (Fsp3) is 0.650. The lowest BCUT2D eigenvalue weighted by Crippen LogP contribution is -2.59. The Hall–Kier alpha value is -2.15. The Labute approximate surface area is 157 Å². The Morgan fingerprint density at radius 1 is 1.30 bits per heavy atom. The fourth-order valence-corrected chi connectivity index (χ4v) is 5.85. The topological polar surface area (TPSA) is 100 Å². The second kappa shape index (κ2) is 5.92. The Balaban J connectivity index is 1.51. The van der Waals surface area contributed by atoms with Crippen LogP contribution < -0.4 is 5.32 Å². The number of rotatable bonds is 4. The van der Waals surface area contributed by atoms with Crippen LogP contribution in [0.1, 0.15) is 56.3 Å². The summed E-state index contributed by atoms with van der Waals surface area (Å²) >= 11 is 0. The van der Waals surface area contributed by atoms with E-state index in [9.17, 15) is 9.90 Å². The maximum Gasteiger partial charge on any atom is 0.342 e. The average molecular weight is 370 g/mol. The van der Waals surface area contributed by atoms with E-state index in [0.717, 1.165) is 32.1 Å². The largest absolute Gasteiger partial charge is 0.459 e. The monoisotopic (exact) mass is 370 g/mol. The molecule has 7 nitrogen and oxygen atoms in total. The highest BCUT2D eigenvalue weighted by atomic mass is 16.5. The van der Waals surface area contributed by atoms with Gasteiger partial charge in [-0.1, -0.05) is 0 Å². The summed E-state index contributed by atoms with van der Waals surface area (Å²) in [6.07, 6.45) is 7.91. The molecule has 5 atom stereocenters. The lowest BCUT2D eigenvalue weighted by Gasteiger charge is -2.58. The first-order chi connectivity index (χ1) is 12.9. The van der Waals surface area contributed by atoms with E-state index >= 15 is 0 Å². The van der Waals surface area contributed by atoms with Gasteiger partial charge in [0.1, 0.15) is 11.1 Å². The molecular weight excluding hydrogens is 344 g/mol. The zero-order chi connectivity index (χ0) is 18.8. The van der Waals surface area contributed by atoms with Gasteiger partial charge in [0.25, 0.3) is 0 Å². The van der Waals surface area contributed by atoms with Gasteiger partial charge < -0.3 is 20.1 Å². The molecule has 0 spiro atoms. The number of nitrogens with zero attached hydrogens (tertiary/aromatic N) is 2. The minimum Gasteiger partial charge on any atom is -0.459 e. The van der Waals surface area contributed by atoms with Crippen LogP contribution in [0, 0.1) is 17.8 Å². The van der Waals surface area contributed by atoms with Gasteiger partial charge in [-0.25, -0.2) is 14.8 Å². The summed E-state index contributed by atoms with van der Waals surface area (Å²) in [5.74, 6) is 1.11. The Morgan fingerprint density at radius 3 is 2.70 bits per heavy atom. The highest BCUT2D eigenvalue weighted by molar-refractivity contribution is 6.03. The van der Waals surface area contributed by atoms with Crippen LogP contribution in [-0.2, 0) is 4.74 Å². The van der Waals surface area contributed by atoms with Crippen molar-refractivity contribution in [1.29, 1.82) is 0 Å². The molecule has 2 aromatic rings. The molecule has 2 aromatic heterocycles. The first-order valence-corrected chi connectivity index (χ1v) is 9.94. The van der Waals surface area contributed by atoms with Crippen LogP contribution in [0.25, 0.3) is 11.2 Å². The molecule has 0 aromatic carbocycles.